The predicted octanol–water partition coefficient (Wildman–Crippen LogP) is -3.98. The van der Waals surface area contributed by atoms with E-state index in [1.165, 1.54) is 0 Å². The van der Waals surface area contributed by atoms with Crippen molar-refractivity contribution >= 4 is 17.8 Å². The Bertz CT molecular complexity index is 303. The van der Waals surface area contributed by atoms with E-state index >= 15 is 0 Å². The maximum Gasteiger partial charge on any atom is 0.278 e. The minimum Gasteiger partial charge on any atom is -0.550 e. The molecule has 7 nitrogen and oxygen atoms in total. The topological polar surface area (TPSA) is 137 Å². The Labute approximate surface area is 99.0 Å². The zero-order chi connectivity index (χ0) is 13.6. The van der Waals surface area contributed by atoms with Crippen molar-refractivity contribution in [2.75, 3.05) is 0 Å². The second-order valence-corrected chi connectivity index (χ2v) is 4.28. The molecule has 0 aliphatic rings. The molecule has 0 bridgehead atoms. The highest BCUT2D eigenvalue weighted by atomic mass is 16.4. The Morgan fingerprint density at radius 2 is 1.76 bits per heavy atom. The Balaban J connectivity index is 4.39. The summed E-state index contributed by atoms with van der Waals surface area (Å²) in [6.07, 6.45) is -0.334. The average molecular weight is 245 g/mol. The molecule has 4 N–H and O–H groups in total. The second-order valence-electron chi connectivity index (χ2n) is 4.28. The molecule has 0 aliphatic heterocycles. The van der Waals surface area contributed by atoms with E-state index in [2.05, 4.69) is 11.1 Å². The molecule has 0 rings (SSSR count). The Morgan fingerprint density at radius 1 is 1.24 bits per heavy atom. The third-order valence-corrected chi connectivity index (χ3v) is 2.10. The van der Waals surface area contributed by atoms with Crippen LogP contribution >= 0.6 is 0 Å². The van der Waals surface area contributed by atoms with Crippen LogP contribution in [0.15, 0.2) is 0 Å². The molecule has 0 aromatic carbocycles. The Morgan fingerprint density at radius 3 is 2.12 bits per heavy atom. The van der Waals surface area contributed by atoms with Gasteiger partial charge in [0, 0.05) is 18.8 Å². The van der Waals surface area contributed by atoms with E-state index in [9.17, 15) is 24.6 Å². The summed E-state index contributed by atoms with van der Waals surface area (Å²) in [6, 6.07) is -2.21. The van der Waals surface area contributed by atoms with Crippen LogP contribution in [0.3, 0.4) is 0 Å². The first-order valence-corrected chi connectivity index (χ1v) is 5.28. The zero-order valence-corrected chi connectivity index (χ0v) is 9.89. The van der Waals surface area contributed by atoms with E-state index in [0.29, 0.717) is 6.42 Å². The number of quaternary nitrogens is 1. The number of nitrogens with one attached hydrogen (secondary N) is 1. The molecule has 0 aliphatic carbocycles. The molecule has 0 spiro atoms. The van der Waals surface area contributed by atoms with Crippen LogP contribution in [0.1, 0.15) is 26.7 Å². The van der Waals surface area contributed by atoms with Crippen LogP contribution in [-0.2, 0) is 14.4 Å². The third kappa shape index (κ3) is 6.52. The van der Waals surface area contributed by atoms with Crippen molar-refractivity contribution < 1.29 is 30.3 Å². The lowest BCUT2D eigenvalue weighted by Gasteiger charge is -2.21. The quantitative estimate of drug-likeness (QED) is 0.471. The van der Waals surface area contributed by atoms with Gasteiger partial charge in [0.2, 0.25) is 0 Å². The highest BCUT2D eigenvalue weighted by molar-refractivity contribution is 5.87. The largest absolute Gasteiger partial charge is 0.550 e. The first-order chi connectivity index (χ1) is 7.73. The molecule has 7 heteroatoms. The van der Waals surface area contributed by atoms with Crippen molar-refractivity contribution in [2.24, 2.45) is 5.92 Å². The number of hydrogen-bond acceptors (Lipinski definition) is 5. The molecule has 0 saturated carbocycles. The molecule has 0 heterocycles. The van der Waals surface area contributed by atoms with Crippen molar-refractivity contribution in [3.05, 3.63) is 0 Å². The fourth-order valence-corrected chi connectivity index (χ4v) is 1.33. The summed E-state index contributed by atoms with van der Waals surface area (Å²) in [5, 5.41) is 22.9. The van der Waals surface area contributed by atoms with Gasteiger partial charge >= 0.3 is 0 Å². The van der Waals surface area contributed by atoms with Crippen LogP contribution in [0.4, 0.5) is 0 Å². The molecule has 0 aromatic heterocycles. The van der Waals surface area contributed by atoms with Crippen LogP contribution in [-0.4, -0.2) is 29.9 Å². The minimum atomic E-state index is -1.65. The summed E-state index contributed by atoms with van der Waals surface area (Å²) in [5.74, 6) is -3.59. The van der Waals surface area contributed by atoms with Gasteiger partial charge in [-0.15, -0.1) is 0 Å². The molecule has 17 heavy (non-hydrogen) atoms. The predicted molar refractivity (Wildman–Crippen MR) is 52.7 cm³/mol. The number of carbonyl (C=O) groups is 3. The van der Waals surface area contributed by atoms with Crippen molar-refractivity contribution in [1.82, 2.24) is 5.32 Å². The molecule has 0 unspecified atom stereocenters. The number of carbonyl (C=O) groups excluding carboxylic acids is 3. The summed E-state index contributed by atoms with van der Waals surface area (Å²) in [6.45, 7) is 3.78. The van der Waals surface area contributed by atoms with E-state index in [-0.39, 0.29) is 5.92 Å². The van der Waals surface area contributed by atoms with Crippen LogP contribution in [0.25, 0.3) is 0 Å². The molecule has 0 aromatic rings. The van der Waals surface area contributed by atoms with Crippen LogP contribution < -0.4 is 21.3 Å². The molecule has 0 saturated heterocycles. The molecule has 1 amide bonds. The lowest BCUT2D eigenvalue weighted by Crippen LogP contribution is -2.69. The summed E-state index contributed by atoms with van der Waals surface area (Å²) < 4.78 is 0. The first-order valence-electron chi connectivity index (χ1n) is 5.28. The fourth-order valence-electron chi connectivity index (χ4n) is 1.33. The van der Waals surface area contributed by atoms with Gasteiger partial charge in [-0.3, -0.25) is 4.79 Å². The number of rotatable bonds is 7. The van der Waals surface area contributed by atoms with Gasteiger partial charge in [0.1, 0.15) is 0 Å². The van der Waals surface area contributed by atoms with Gasteiger partial charge in [-0.1, -0.05) is 13.8 Å². The normalized spacial score (nSPS) is 14.1. The van der Waals surface area contributed by atoms with Gasteiger partial charge in [0.15, 0.2) is 6.04 Å². The van der Waals surface area contributed by atoms with Gasteiger partial charge in [0.25, 0.3) is 5.91 Å². The third-order valence-electron chi connectivity index (χ3n) is 2.10. The number of carboxylic acid groups (broad SMARTS) is 2. The SMILES string of the molecule is CC(C)C[C@H]([NH3+])C(=O)N[C@@H](CC(=O)[O-])C(=O)[O-]. The van der Waals surface area contributed by atoms with E-state index < -0.39 is 36.4 Å². The van der Waals surface area contributed by atoms with Crippen molar-refractivity contribution in [3.8, 4) is 0 Å². The highest BCUT2D eigenvalue weighted by Crippen LogP contribution is 2.02. The van der Waals surface area contributed by atoms with Gasteiger partial charge < -0.3 is 30.9 Å². The number of amides is 1. The van der Waals surface area contributed by atoms with E-state index in [0.717, 1.165) is 0 Å². The maximum atomic E-state index is 11.5. The standard InChI is InChI=1S/C10H18N2O5/c1-5(2)3-6(11)9(15)12-7(10(16)17)4-8(13)14/h5-7H,3-4,11H2,1-2H3,(H,12,15)(H,13,14)(H,16,17)/p-1/t6-,7-/m0/s1. The molecular weight excluding hydrogens is 228 g/mol. The molecule has 98 valence electrons. The van der Waals surface area contributed by atoms with Gasteiger partial charge in [-0.2, -0.15) is 0 Å². The number of aliphatic carboxylic acids is 2. The maximum absolute atomic E-state index is 11.5. The average Bonchev–Trinajstić information content (AvgIpc) is 2.14. The van der Waals surface area contributed by atoms with E-state index in [1.54, 1.807) is 0 Å². The fraction of sp³-hybridized carbons (Fsp3) is 0.700. The van der Waals surface area contributed by atoms with E-state index in [4.69, 9.17) is 0 Å². The van der Waals surface area contributed by atoms with Gasteiger partial charge in [0.05, 0.1) is 12.0 Å². The summed E-state index contributed by atoms with van der Waals surface area (Å²) in [7, 11) is 0. The van der Waals surface area contributed by atoms with E-state index in [1.807, 2.05) is 13.8 Å². The lowest BCUT2D eigenvalue weighted by atomic mass is 10.0. The van der Waals surface area contributed by atoms with Gasteiger partial charge in [-0.25, -0.2) is 0 Å². The molecule has 0 radical (unpaired) electrons. The van der Waals surface area contributed by atoms with Crippen LogP contribution in [0, 0.1) is 5.92 Å². The minimum absolute atomic E-state index is 0.228. The van der Waals surface area contributed by atoms with Crippen molar-refractivity contribution in [2.45, 2.75) is 38.8 Å². The smallest absolute Gasteiger partial charge is 0.278 e. The zero-order valence-electron chi connectivity index (χ0n) is 9.89. The van der Waals surface area contributed by atoms with Crippen molar-refractivity contribution in [3.63, 3.8) is 0 Å². The van der Waals surface area contributed by atoms with Crippen molar-refractivity contribution in [1.29, 1.82) is 0 Å². The monoisotopic (exact) mass is 245 g/mol. The molecular formula is C10H17N2O5-. The Kier molecular flexibility index (Phi) is 6.19. The molecule has 2 atom stereocenters. The number of hydrogen-bond donors (Lipinski definition) is 2. The molecule has 0 fully saturated rings. The van der Waals surface area contributed by atoms with Gasteiger partial charge in [-0.05, 0) is 5.92 Å². The lowest BCUT2D eigenvalue weighted by molar-refractivity contribution is -0.406. The summed E-state index contributed by atoms with van der Waals surface area (Å²) in [5.41, 5.74) is 3.58. The number of carboxylic acids is 2. The Hall–Kier alpha value is -1.63. The first kappa shape index (κ1) is 15.4. The highest BCUT2D eigenvalue weighted by Gasteiger charge is 2.22. The van der Waals surface area contributed by atoms with Crippen LogP contribution in [0.5, 0.6) is 0 Å². The van der Waals surface area contributed by atoms with Crippen LogP contribution in [0.2, 0.25) is 0 Å². The summed E-state index contributed by atoms with van der Waals surface area (Å²) in [4.78, 5) is 32.3. The second kappa shape index (κ2) is 6.85. The summed E-state index contributed by atoms with van der Waals surface area (Å²) >= 11 is 0.